The minimum absolute atomic E-state index is 0.0417. The molecule has 1 aromatic heterocycles. The van der Waals surface area contributed by atoms with Crippen LogP contribution >= 0.6 is 11.8 Å². The van der Waals surface area contributed by atoms with E-state index in [0.717, 1.165) is 4.90 Å². The number of nitrogens with one attached hydrogen (secondary N) is 3. The van der Waals surface area contributed by atoms with Gasteiger partial charge in [0.15, 0.2) is 5.69 Å². The number of carbonyl (C=O) groups excluding carboxylic acids is 2. The summed E-state index contributed by atoms with van der Waals surface area (Å²) in [5.74, 6) is -0.314. The van der Waals surface area contributed by atoms with Gasteiger partial charge in [-0.3, -0.25) is 25.2 Å². The Hall–Kier alpha value is -3.13. The van der Waals surface area contributed by atoms with Crippen LogP contribution in [0.3, 0.4) is 0 Å². The molecule has 3 aromatic rings. The first-order valence-corrected chi connectivity index (χ1v) is 9.71. The summed E-state index contributed by atoms with van der Waals surface area (Å²) in [5, 5.41) is 6.87. The van der Waals surface area contributed by atoms with Crippen LogP contribution in [0.25, 0.3) is 10.8 Å². The van der Waals surface area contributed by atoms with Gasteiger partial charge in [0.1, 0.15) is 0 Å². The number of rotatable bonds is 5. The molecule has 0 aliphatic carbocycles. The zero-order valence-electron chi connectivity index (χ0n) is 15.5. The lowest BCUT2D eigenvalue weighted by molar-refractivity contribution is -0.121. The van der Waals surface area contributed by atoms with Crippen molar-refractivity contribution in [1.29, 1.82) is 0 Å². The number of hydrogen-bond acceptors (Lipinski definition) is 5. The molecule has 0 radical (unpaired) electrons. The van der Waals surface area contributed by atoms with Crippen molar-refractivity contribution in [2.75, 3.05) is 5.75 Å². The quantitative estimate of drug-likeness (QED) is 0.454. The maximum Gasteiger partial charge on any atom is 0.290 e. The van der Waals surface area contributed by atoms with Crippen LogP contribution in [0.2, 0.25) is 0 Å². The number of aryl methyl sites for hydroxylation is 2. The first-order valence-electron chi connectivity index (χ1n) is 8.72. The van der Waals surface area contributed by atoms with Crippen LogP contribution in [0.15, 0.2) is 52.2 Å². The molecule has 2 aromatic carbocycles. The normalized spacial score (nSPS) is 10.6. The van der Waals surface area contributed by atoms with Gasteiger partial charge in [-0.05, 0) is 43.2 Å². The lowest BCUT2D eigenvalue weighted by Gasteiger charge is -2.08. The number of thioether (sulfide) groups is 1. The Bertz CT molecular complexity index is 1090. The van der Waals surface area contributed by atoms with Crippen LogP contribution < -0.4 is 16.4 Å². The van der Waals surface area contributed by atoms with Gasteiger partial charge in [0.25, 0.3) is 11.5 Å². The third-order valence-corrected chi connectivity index (χ3v) is 5.30. The Balaban J connectivity index is 1.53. The Morgan fingerprint density at radius 3 is 2.54 bits per heavy atom. The Morgan fingerprint density at radius 1 is 1.04 bits per heavy atom. The van der Waals surface area contributed by atoms with Crippen LogP contribution in [0, 0.1) is 13.8 Å². The fourth-order valence-electron chi connectivity index (χ4n) is 2.60. The largest absolute Gasteiger partial charge is 0.290 e. The second-order valence-corrected chi connectivity index (χ2v) is 7.46. The predicted molar refractivity (Wildman–Crippen MR) is 109 cm³/mol. The second kappa shape index (κ2) is 8.71. The van der Waals surface area contributed by atoms with Gasteiger partial charge in [0, 0.05) is 22.5 Å². The molecular weight excluding hydrogens is 376 g/mol. The Labute approximate surface area is 165 Å². The second-order valence-electron chi connectivity index (χ2n) is 6.29. The van der Waals surface area contributed by atoms with Gasteiger partial charge < -0.3 is 0 Å². The molecule has 3 N–H and O–H groups in total. The number of hydrazine groups is 1. The summed E-state index contributed by atoms with van der Waals surface area (Å²) in [5.41, 5.74) is 6.83. The van der Waals surface area contributed by atoms with E-state index in [1.807, 2.05) is 6.07 Å². The van der Waals surface area contributed by atoms with Crippen molar-refractivity contribution in [2.24, 2.45) is 0 Å². The highest BCUT2D eigenvalue weighted by Gasteiger charge is 2.14. The van der Waals surface area contributed by atoms with E-state index in [1.54, 1.807) is 36.0 Å². The first-order chi connectivity index (χ1) is 13.5. The van der Waals surface area contributed by atoms with E-state index in [4.69, 9.17) is 0 Å². The highest BCUT2D eigenvalue weighted by Crippen LogP contribution is 2.21. The molecular formula is C20H20N4O3S. The number of H-pyrrole nitrogens is 1. The Kier molecular flexibility index (Phi) is 6.10. The number of amides is 2. The standard InChI is InChI=1S/C20H20N4O3S/c1-12-7-8-14(11-13(12)2)28-10-9-17(25)21-24-20(27)18-15-5-3-4-6-16(15)19(26)23-22-18/h3-8,11H,9-10H2,1-2H3,(H,21,25)(H,23,26)(H,24,27). The summed E-state index contributed by atoms with van der Waals surface area (Å²) < 4.78 is 0. The molecule has 8 heteroatoms. The van der Waals surface area contributed by atoms with E-state index < -0.39 is 5.91 Å². The van der Waals surface area contributed by atoms with Crippen LogP contribution in [0.1, 0.15) is 28.0 Å². The topological polar surface area (TPSA) is 104 Å². The number of aromatic nitrogens is 2. The van der Waals surface area contributed by atoms with Crippen LogP contribution in [0.4, 0.5) is 0 Å². The van der Waals surface area contributed by atoms with Gasteiger partial charge in [0.2, 0.25) is 5.91 Å². The van der Waals surface area contributed by atoms with E-state index in [0.29, 0.717) is 16.5 Å². The minimum Gasteiger partial charge on any atom is -0.273 e. The molecule has 0 spiro atoms. The van der Waals surface area contributed by atoms with Crippen LogP contribution in [0.5, 0.6) is 0 Å². The molecule has 0 bridgehead atoms. The SMILES string of the molecule is Cc1ccc(SCCC(=O)NNC(=O)c2n[nH]c(=O)c3ccccc23)cc1C. The molecule has 0 unspecified atom stereocenters. The van der Waals surface area contributed by atoms with E-state index in [-0.39, 0.29) is 23.6 Å². The van der Waals surface area contributed by atoms with Crippen molar-refractivity contribution in [3.63, 3.8) is 0 Å². The highest BCUT2D eigenvalue weighted by molar-refractivity contribution is 7.99. The maximum atomic E-state index is 12.3. The number of nitrogens with zero attached hydrogens (tertiary/aromatic N) is 1. The van der Waals surface area contributed by atoms with E-state index >= 15 is 0 Å². The van der Waals surface area contributed by atoms with Crippen molar-refractivity contribution in [2.45, 2.75) is 25.2 Å². The van der Waals surface area contributed by atoms with Crippen molar-refractivity contribution < 1.29 is 9.59 Å². The Morgan fingerprint density at radius 2 is 1.79 bits per heavy atom. The lowest BCUT2D eigenvalue weighted by Crippen LogP contribution is -2.42. The van der Waals surface area contributed by atoms with Gasteiger partial charge in [-0.1, -0.05) is 24.3 Å². The van der Waals surface area contributed by atoms with Crippen LogP contribution in [-0.4, -0.2) is 27.8 Å². The highest BCUT2D eigenvalue weighted by atomic mass is 32.2. The van der Waals surface area contributed by atoms with Crippen molar-refractivity contribution >= 4 is 34.3 Å². The van der Waals surface area contributed by atoms with E-state index in [1.165, 1.54) is 11.1 Å². The van der Waals surface area contributed by atoms with E-state index in [2.05, 4.69) is 47.0 Å². The molecule has 0 atom stereocenters. The summed E-state index contributed by atoms with van der Waals surface area (Å²) in [4.78, 5) is 37.2. The number of hydrogen-bond donors (Lipinski definition) is 3. The van der Waals surface area contributed by atoms with Crippen LogP contribution in [-0.2, 0) is 4.79 Å². The lowest BCUT2D eigenvalue weighted by atomic mass is 10.1. The average Bonchev–Trinajstić information content (AvgIpc) is 2.69. The summed E-state index contributed by atoms with van der Waals surface area (Å²) in [6, 6.07) is 12.8. The molecule has 2 amide bonds. The first kappa shape index (κ1) is 19.6. The predicted octanol–water partition coefficient (Wildman–Crippen LogP) is 2.48. The van der Waals surface area contributed by atoms with Crippen molar-refractivity contribution in [3.05, 3.63) is 69.6 Å². The van der Waals surface area contributed by atoms with Gasteiger partial charge >= 0.3 is 0 Å². The smallest absolute Gasteiger partial charge is 0.273 e. The van der Waals surface area contributed by atoms with Crippen molar-refractivity contribution in [1.82, 2.24) is 21.0 Å². The van der Waals surface area contributed by atoms with E-state index in [9.17, 15) is 14.4 Å². The molecule has 7 nitrogen and oxygen atoms in total. The number of benzene rings is 2. The molecule has 0 aliphatic heterocycles. The molecule has 1 heterocycles. The monoisotopic (exact) mass is 396 g/mol. The van der Waals surface area contributed by atoms with Gasteiger partial charge in [0.05, 0.1) is 5.39 Å². The molecule has 144 valence electrons. The van der Waals surface area contributed by atoms with Gasteiger partial charge in [-0.2, -0.15) is 5.10 Å². The number of aromatic amines is 1. The summed E-state index contributed by atoms with van der Waals surface area (Å²) >= 11 is 1.58. The summed E-state index contributed by atoms with van der Waals surface area (Å²) in [6.45, 7) is 4.11. The molecule has 0 aliphatic rings. The molecule has 28 heavy (non-hydrogen) atoms. The molecule has 0 saturated carbocycles. The summed E-state index contributed by atoms with van der Waals surface area (Å²) in [7, 11) is 0. The number of carbonyl (C=O) groups is 2. The zero-order chi connectivity index (χ0) is 20.1. The fraction of sp³-hybridized carbons (Fsp3) is 0.200. The molecule has 0 fully saturated rings. The fourth-order valence-corrected chi connectivity index (χ4v) is 3.55. The maximum absolute atomic E-state index is 12.3. The third-order valence-electron chi connectivity index (χ3n) is 4.30. The summed E-state index contributed by atoms with van der Waals surface area (Å²) in [6.07, 6.45) is 0.248. The average molecular weight is 396 g/mol. The van der Waals surface area contributed by atoms with Crippen molar-refractivity contribution in [3.8, 4) is 0 Å². The zero-order valence-corrected chi connectivity index (χ0v) is 16.4. The molecule has 0 saturated heterocycles. The van der Waals surface area contributed by atoms with Gasteiger partial charge in [-0.15, -0.1) is 11.8 Å². The minimum atomic E-state index is -0.595. The van der Waals surface area contributed by atoms with Gasteiger partial charge in [-0.25, -0.2) is 5.10 Å². The third kappa shape index (κ3) is 4.58. The molecule has 3 rings (SSSR count). The number of fused-ring (bicyclic) bond motifs is 1.